The van der Waals surface area contributed by atoms with Gasteiger partial charge >= 0.3 is 6.03 Å². The molecule has 0 aliphatic rings. The second kappa shape index (κ2) is 8.57. The summed E-state index contributed by atoms with van der Waals surface area (Å²) in [6.45, 7) is 2.69. The minimum absolute atomic E-state index is 0.147. The highest BCUT2D eigenvalue weighted by Crippen LogP contribution is 2.20. The molecule has 24 heavy (non-hydrogen) atoms. The molecule has 0 aliphatic heterocycles. The van der Waals surface area contributed by atoms with Gasteiger partial charge in [-0.2, -0.15) is 0 Å². The molecule has 0 spiro atoms. The van der Waals surface area contributed by atoms with Crippen molar-refractivity contribution >= 4 is 40.8 Å². The fourth-order valence-electron chi connectivity index (χ4n) is 1.98. The van der Waals surface area contributed by atoms with E-state index in [4.69, 9.17) is 23.2 Å². The third kappa shape index (κ3) is 5.15. The number of hydrogen-bond donors (Lipinski definition) is 3. The van der Waals surface area contributed by atoms with Gasteiger partial charge in [-0.05, 0) is 48.9 Å². The van der Waals surface area contributed by atoms with Crippen molar-refractivity contribution in [2.45, 2.75) is 13.5 Å². The van der Waals surface area contributed by atoms with Gasteiger partial charge in [0.05, 0.1) is 0 Å². The molecule has 0 atom stereocenters. The zero-order chi connectivity index (χ0) is 17.5. The summed E-state index contributed by atoms with van der Waals surface area (Å²) < 4.78 is 0. The molecule has 0 saturated carbocycles. The Morgan fingerprint density at radius 2 is 1.71 bits per heavy atom. The normalized spacial score (nSPS) is 10.1. The highest BCUT2D eigenvalue weighted by atomic mass is 35.5. The smallest absolute Gasteiger partial charge is 0.319 e. The number of carbonyl (C=O) groups is 2. The summed E-state index contributed by atoms with van der Waals surface area (Å²) in [5.74, 6) is -0.147. The first-order chi connectivity index (χ1) is 11.5. The van der Waals surface area contributed by atoms with Crippen LogP contribution in [0.1, 0.15) is 22.8 Å². The summed E-state index contributed by atoms with van der Waals surface area (Å²) in [4.78, 5) is 23.6. The number of halogens is 2. The lowest BCUT2D eigenvalue weighted by Gasteiger charge is -2.09. The molecule has 0 bridgehead atoms. The Labute approximate surface area is 150 Å². The van der Waals surface area contributed by atoms with Crippen molar-refractivity contribution in [1.29, 1.82) is 0 Å². The van der Waals surface area contributed by atoms with Crippen LogP contribution in [0.25, 0.3) is 0 Å². The lowest BCUT2D eigenvalue weighted by atomic mass is 10.2. The zero-order valence-corrected chi connectivity index (χ0v) is 14.5. The van der Waals surface area contributed by atoms with Crippen LogP contribution in [0.15, 0.2) is 42.5 Å². The van der Waals surface area contributed by atoms with Crippen molar-refractivity contribution in [2.24, 2.45) is 0 Å². The standard InChI is InChI=1S/C17H17Cl2N3O2/c1-2-20-16(23)11-4-7-14(8-5-11)22-17(24)21-10-12-3-6-13(18)9-15(12)19/h3-9H,2,10H2,1H3,(H,20,23)(H2,21,22,24). The minimum atomic E-state index is -0.369. The van der Waals surface area contributed by atoms with Gasteiger partial charge in [-0.1, -0.05) is 29.3 Å². The third-order valence-electron chi connectivity index (χ3n) is 3.20. The van der Waals surface area contributed by atoms with Gasteiger partial charge in [0.25, 0.3) is 5.91 Å². The highest BCUT2D eigenvalue weighted by molar-refractivity contribution is 6.35. The minimum Gasteiger partial charge on any atom is -0.352 e. The maximum atomic E-state index is 11.9. The first-order valence-corrected chi connectivity index (χ1v) is 8.12. The van der Waals surface area contributed by atoms with Crippen molar-refractivity contribution in [2.75, 3.05) is 11.9 Å². The summed E-state index contributed by atoms with van der Waals surface area (Å²) in [6, 6.07) is 11.4. The average molecular weight is 366 g/mol. The molecule has 0 aromatic heterocycles. The highest BCUT2D eigenvalue weighted by Gasteiger charge is 2.07. The molecule has 3 N–H and O–H groups in total. The first kappa shape index (κ1) is 18.1. The van der Waals surface area contributed by atoms with E-state index < -0.39 is 0 Å². The second-order valence-electron chi connectivity index (χ2n) is 4.98. The fraction of sp³-hybridized carbons (Fsp3) is 0.176. The van der Waals surface area contributed by atoms with E-state index in [-0.39, 0.29) is 18.5 Å². The Hall–Kier alpha value is -2.24. The van der Waals surface area contributed by atoms with Gasteiger partial charge in [0.2, 0.25) is 0 Å². The largest absolute Gasteiger partial charge is 0.352 e. The van der Waals surface area contributed by atoms with Crippen LogP contribution >= 0.6 is 23.2 Å². The molecule has 7 heteroatoms. The summed E-state index contributed by atoms with van der Waals surface area (Å²) in [5, 5.41) is 9.14. The molecule has 3 amide bonds. The van der Waals surface area contributed by atoms with Crippen LogP contribution in [-0.2, 0) is 6.54 Å². The molecular formula is C17H17Cl2N3O2. The Kier molecular flexibility index (Phi) is 6.46. The molecule has 126 valence electrons. The molecule has 0 unspecified atom stereocenters. The summed E-state index contributed by atoms with van der Waals surface area (Å²) in [5.41, 5.74) is 1.89. The number of rotatable bonds is 5. The monoisotopic (exact) mass is 365 g/mol. The number of carbonyl (C=O) groups excluding carboxylic acids is 2. The molecule has 0 aliphatic carbocycles. The molecule has 0 radical (unpaired) electrons. The van der Waals surface area contributed by atoms with Crippen molar-refractivity contribution in [1.82, 2.24) is 10.6 Å². The Balaban J connectivity index is 1.89. The maximum Gasteiger partial charge on any atom is 0.319 e. The predicted molar refractivity (Wildman–Crippen MR) is 96.8 cm³/mol. The molecular weight excluding hydrogens is 349 g/mol. The van der Waals surface area contributed by atoms with Crippen LogP contribution in [-0.4, -0.2) is 18.5 Å². The van der Waals surface area contributed by atoms with E-state index in [2.05, 4.69) is 16.0 Å². The van der Waals surface area contributed by atoms with E-state index in [0.717, 1.165) is 5.56 Å². The summed E-state index contributed by atoms with van der Waals surface area (Å²) in [6.07, 6.45) is 0. The number of amides is 3. The van der Waals surface area contributed by atoms with E-state index in [1.54, 1.807) is 42.5 Å². The van der Waals surface area contributed by atoms with Gasteiger partial charge in [-0.3, -0.25) is 4.79 Å². The van der Waals surface area contributed by atoms with Crippen LogP contribution in [0.3, 0.4) is 0 Å². The lowest BCUT2D eigenvalue weighted by Crippen LogP contribution is -2.28. The maximum absolute atomic E-state index is 11.9. The number of hydrogen-bond acceptors (Lipinski definition) is 2. The SMILES string of the molecule is CCNC(=O)c1ccc(NC(=O)NCc2ccc(Cl)cc2Cl)cc1. The van der Waals surface area contributed by atoms with E-state index in [1.165, 1.54) is 0 Å². The number of urea groups is 1. The number of nitrogens with one attached hydrogen (secondary N) is 3. The van der Waals surface area contributed by atoms with Crippen molar-refractivity contribution in [3.63, 3.8) is 0 Å². The molecule has 2 aromatic carbocycles. The molecule has 0 heterocycles. The van der Waals surface area contributed by atoms with Gasteiger partial charge < -0.3 is 16.0 Å². The number of benzene rings is 2. The van der Waals surface area contributed by atoms with E-state index in [9.17, 15) is 9.59 Å². The Morgan fingerprint density at radius 1 is 1.00 bits per heavy atom. The quantitative estimate of drug-likeness (QED) is 0.747. The van der Waals surface area contributed by atoms with Crippen molar-refractivity contribution in [3.05, 3.63) is 63.6 Å². The lowest BCUT2D eigenvalue weighted by molar-refractivity contribution is 0.0956. The van der Waals surface area contributed by atoms with Crippen LogP contribution in [0.4, 0.5) is 10.5 Å². The van der Waals surface area contributed by atoms with E-state index in [0.29, 0.717) is 27.8 Å². The summed E-state index contributed by atoms with van der Waals surface area (Å²) in [7, 11) is 0. The molecule has 0 saturated heterocycles. The third-order valence-corrected chi connectivity index (χ3v) is 3.78. The van der Waals surface area contributed by atoms with Gasteiger partial charge in [0.15, 0.2) is 0 Å². The van der Waals surface area contributed by atoms with Gasteiger partial charge in [-0.15, -0.1) is 0 Å². The molecule has 5 nitrogen and oxygen atoms in total. The molecule has 2 aromatic rings. The van der Waals surface area contributed by atoms with Crippen molar-refractivity contribution < 1.29 is 9.59 Å². The van der Waals surface area contributed by atoms with Crippen LogP contribution in [0.5, 0.6) is 0 Å². The number of anilines is 1. The fourth-order valence-corrected chi connectivity index (χ4v) is 2.46. The molecule has 2 rings (SSSR count). The van der Waals surface area contributed by atoms with E-state index >= 15 is 0 Å². The summed E-state index contributed by atoms with van der Waals surface area (Å²) >= 11 is 11.9. The van der Waals surface area contributed by atoms with Gasteiger partial charge in [-0.25, -0.2) is 4.79 Å². The van der Waals surface area contributed by atoms with Crippen LogP contribution < -0.4 is 16.0 Å². The average Bonchev–Trinajstić information content (AvgIpc) is 2.55. The topological polar surface area (TPSA) is 70.2 Å². The van der Waals surface area contributed by atoms with Gasteiger partial charge in [0, 0.05) is 34.4 Å². The Bertz CT molecular complexity index is 733. The zero-order valence-electron chi connectivity index (χ0n) is 13.0. The van der Waals surface area contributed by atoms with E-state index in [1.807, 2.05) is 6.92 Å². The van der Waals surface area contributed by atoms with Crippen LogP contribution in [0, 0.1) is 0 Å². The predicted octanol–water partition coefficient (Wildman–Crippen LogP) is 4.06. The van der Waals surface area contributed by atoms with Gasteiger partial charge in [0.1, 0.15) is 0 Å². The van der Waals surface area contributed by atoms with Crippen LogP contribution in [0.2, 0.25) is 10.0 Å². The van der Waals surface area contributed by atoms with Crippen molar-refractivity contribution in [3.8, 4) is 0 Å². The second-order valence-corrected chi connectivity index (χ2v) is 5.82. The molecule has 0 fully saturated rings. The Morgan fingerprint density at radius 3 is 2.33 bits per heavy atom. The first-order valence-electron chi connectivity index (χ1n) is 7.36.